The molecule has 1 N–H and O–H groups in total. The van der Waals surface area contributed by atoms with Gasteiger partial charge in [-0.15, -0.1) is 0 Å². The molecule has 2 aromatic heterocycles. The van der Waals surface area contributed by atoms with Crippen molar-refractivity contribution in [1.29, 1.82) is 0 Å². The number of morpholine rings is 1. The predicted molar refractivity (Wildman–Crippen MR) is 161 cm³/mol. The van der Waals surface area contributed by atoms with Crippen molar-refractivity contribution in [3.05, 3.63) is 88.9 Å². The number of amides is 1. The molecule has 1 unspecified atom stereocenters. The molecule has 8 nitrogen and oxygen atoms in total. The van der Waals surface area contributed by atoms with Gasteiger partial charge in [0.2, 0.25) is 5.88 Å². The minimum Gasteiger partial charge on any atom is -0.443 e. The summed E-state index contributed by atoms with van der Waals surface area (Å²) in [6, 6.07) is 5.72. The third kappa shape index (κ3) is 6.58. The lowest BCUT2D eigenvalue weighted by Crippen LogP contribution is -2.35. The summed E-state index contributed by atoms with van der Waals surface area (Å²) < 4.78 is 24.5. The molecular weight excluding hydrogens is 533 g/mol. The standard InChI is InChI=1S/C33H36FN5O3/c1-2-23-19-36-30-9-3-24(25-15-22(17-35-18-25)21-39-11-13-41-14-12-39)16-29(30)32(23)33(40)38-27-6-10-31(37-20-27)42-28-7-4-26(34)5-8-28/h3-4,6-7,10,15,17-18,20,23H,2,5,8-9,11-14,16,19,21H2,1H3,(H,38,40). The number of dihydropyridines is 1. The van der Waals surface area contributed by atoms with Gasteiger partial charge in [0.15, 0.2) is 0 Å². The minimum atomic E-state index is -0.153. The summed E-state index contributed by atoms with van der Waals surface area (Å²) in [7, 11) is 0. The second-order valence-corrected chi connectivity index (χ2v) is 11.1. The highest BCUT2D eigenvalue weighted by atomic mass is 19.1. The van der Waals surface area contributed by atoms with Crippen LogP contribution in [0.2, 0.25) is 0 Å². The van der Waals surface area contributed by atoms with Gasteiger partial charge in [0.1, 0.15) is 11.6 Å². The lowest BCUT2D eigenvalue weighted by molar-refractivity contribution is -0.113. The van der Waals surface area contributed by atoms with E-state index in [1.807, 2.05) is 12.4 Å². The van der Waals surface area contributed by atoms with Gasteiger partial charge in [0.25, 0.3) is 5.91 Å². The molecule has 1 fully saturated rings. The van der Waals surface area contributed by atoms with E-state index < -0.39 is 0 Å². The maximum atomic E-state index is 13.8. The van der Waals surface area contributed by atoms with Crippen molar-refractivity contribution >= 4 is 22.9 Å². The molecule has 4 aliphatic rings. The van der Waals surface area contributed by atoms with Crippen LogP contribution in [0.4, 0.5) is 10.1 Å². The zero-order valence-electron chi connectivity index (χ0n) is 23.9. The Bertz CT molecular complexity index is 1490. The van der Waals surface area contributed by atoms with Crippen molar-refractivity contribution in [3.63, 3.8) is 0 Å². The molecule has 0 aromatic carbocycles. The number of nitrogens with one attached hydrogen (secondary N) is 1. The van der Waals surface area contributed by atoms with Crippen LogP contribution >= 0.6 is 0 Å². The topological polar surface area (TPSA) is 88.9 Å². The van der Waals surface area contributed by atoms with E-state index in [2.05, 4.69) is 39.3 Å². The molecule has 0 saturated carbocycles. The van der Waals surface area contributed by atoms with Gasteiger partial charge in [-0.05, 0) is 53.0 Å². The van der Waals surface area contributed by atoms with Crippen LogP contribution in [-0.2, 0) is 16.1 Å². The molecule has 2 aliphatic heterocycles. The summed E-state index contributed by atoms with van der Waals surface area (Å²) in [5.41, 5.74) is 6.88. The average molecular weight is 570 g/mol. The molecule has 218 valence electrons. The molecule has 0 radical (unpaired) electrons. The number of anilines is 1. The Balaban J connectivity index is 1.18. The molecule has 1 atom stereocenters. The highest BCUT2D eigenvalue weighted by molar-refractivity contribution is 6.15. The van der Waals surface area contributed by atoms with Crippen LogP contribution in [-0.4, -0.2) is 59.3 Å². The molecule has 0 spiro atoms. The van der Waals surface area contributed by atoms with Gasteiger partial charge in [0, 0.05) is 87.5 Å². The first-order chi connectivity index (χ1) is 20.6. The monoisotopic (exact) mass is 569 g/mol. The zero-order valence-corrected chi connectivity index (χ0v) is 23.9. The van der Waals surface area contributed by atoms with Gasteiger partial charge in [0.05, 0.1) is 25.1 Å². The Hall–Kier alpha value is -3.95. The van der Waals surface area contributed by atoms with E-state index in [1.165, 1.54) is 17.2 Å². The van der Waals surface area contributed by atoms with Crippen LogP contribution in [0, 0.1) is 5.92 Å². The van der Waals surface area contributed by atoms with Crippen molar-refractivity contribution in [2.75, 3.05) is 38.2 Å². The maximum absolute atomic E-state index is 13.8. The number of carbonyl (C=O) groups is 1. The number of aromatic nitrogens is 2. The first-order valence-electron chi connectivity index (χ1n) is 14.8. The third-order valence-electron chi connectivity index (χ3n) is 8.20. The van der Waals surface area contributed by atoms with E-state index in [0.717, 1.165) is 61.7 Å². The molecule has 2 aliphatic carbocycles. The van der Waals surface area contributed by atoms with Gasteiger partial charge in [-0.2, -0.15) is 0 Å². The SMILES string of the molecule is CCC1CN=C2CC=C(c3cncc(CN4CCOCC4)c3)CC2=C1C(=O)Nc1ccc(OC2=CC=C(F)CC2)nc1. The summed E-state index contributed by atoms with van der Waals surface area (Å²) in [6.07, 6.45) is 13.7. The number of halogens is 1. The molecule has 42 heavy (non-hydrogen) atoms. The number of rotatable bonds is 8. The van der Waals surface area contributed by atoms with Crippen LogP contribution in [0.3, 0.4) is 0 Å². The molecule has 1 saturated heterocycles. The Morgan fingerprint density at radius 1 is 1.17 bits per heavy atom. The number of pyridine rings is 2. The van der Waals surface area contributed by atoms with E-state index in [0.29, 0.717) is 49.6 Å². The fourth-order valence-corrected chi connectivity index (χ4v) is 5.84. The molecule has 6 rings (SSSR count). The second-order valence-electron chi connectivity index (χ2n) is 11.1. The highest BCUT2D eigenvalue weighted by Gasteiger charge is 2.31. The van der Waals surface area contributed by atoms with Crippen molar-refractivity contribution in [2.45, 2.75) is 45.6 Å². The average Bonchev–Trinajstić information content (AvgIpc) is 3.03. The van der Waals surface area contributed by atoms with Gasteiger partial charge >= 0.3 is 0 Å². The summed E-state index contributed by atoms with van der Waals surface area (Å²) in [5, 5.41) is 3.06. The molecule has 4 heterocycles. The first kappa shape index (κ1) is 28.2. The normalized spacial score (nSPS) is 21.0. The summed E-state index contributed by atoms with van der Waals surface area (Å²) in [6.45, 7) is 6.97. The predicted octanol–water partition coefficient (Wildman–Crippen LogP) is 5.81. The highest BCUT2D eigenvalue weighted by Crippen LogP contribution is 2.37. The number of fused-ring (bicyclic) bond motifs is 1. The van der Waals surface area contributed by atoms with Gasteiger partial charge in [-0.3, -0.25) is 19.7 Å². The van der Waals surface area contributed by atoms with Crippen molar-refractivity contribution in [3.8, 4) is 5.88 Å². The van der Waals surface area contributed by atoms with E-state index in [9.17, 15) is 9.18 Å². The van der Waals surface area contributed by atoms with Crippen LogP contribution in [0.15, 0.2) is 82.7 Å². The van der Waals surface area contributed by atoms with Crippen molar-refractivity contribution in [2.24, 2.45) is 10.9 Å². The fourth-order valence-electron chi connectivity index (χ4n) is 5.84. The number of ether oxygens (including phenoxy) is 2. The zero-order chi connectivity index (χ0) is 28.9. The lowest BCUT2D eigenvalue weighted by atomic mass is 9.79. The molecular formula is C33H36FN5O3. The molecule has 9 heteroatoms. The van der Waals surface area contributed by atoms with Crippen LogP contribution in [0.5, 0.6) is 5.88 Å². The Morgan fingerprint density at radius 3 is 2.81 bits per heavy atom. The lowest BCUT2D eigenvalue weighted by Gasteiger charge is -2.30. The summed E-state index contributed by atoms with van der Waals surface area (Å²) in [5.74, 6) is 0.851. The largest absolute Gasteiger partial charge is 0.443 e. The first-order valence-corrected chi connectivity index (χ1v) is 14.8. The van der Waals surface area contributed by atoms with Gasteiger partial charge in [-0.1, -0.05) is 13.0 Å². The third-order valence-corrected chi connectivity index (χ3v) is 8.20. The number of aliphatic imine (C=N–C) groups is 1. The number of nitrogens with zero attached hydrogens (tertiary/aromatic N) is 4. The van der Waals surface area contributed by atoms with E-state index in [-0.39, 0.29) is 17.7 Å². The van der Waals surface area contributed by atoms with Crippen LogP contribution in [0.1, 0.15) is 50.2 Å². The van der Waals surface area contributed by atoms with Crippen molar-refractivity contribution in [1.82, 2.24) is 14.9 Å². The molecule has 2 aromatic rings. The molecule has 0 bridgehead atoms. The summed E-state index contributed by atoms with van der Waals surface area (Å²) in [4.78, 5) is 29.9. The Labute approximate surface area is 245 Å². The van der Waals surface area contributed by atoms with E-state index in [4.69, 9.17) is 14.5 Å². The second kappa shape index (κ2) is 12.9. The minimum absolute atomic E-state index is 0.0520. The number of hydrogen-bond acceptors (Lipinski definition) is 7. The number of carbonyl (C=O) groups excluding carboxylic acids is 1. The van der Waals surface area contributed by atoms with E-state index in [1.54, 1.807) is 24.4 Å². The van der Waals surface area contributed by atoms with Gasteiger partial charge < -0.3 is 14.8 Å². The Morgan fingerprint density at radius 2 is 2.05 bits per heavy atom. The molecule has 1 amide bonds. The van der Waals surface area contributed by atoms with Crippen LogP contribution < -0.4 is 10.1 Å². The van der Waals surface area contributed by atoms with Gasteiger partial charge in [-0.25, -0.2) is 9.37 Å². The van der Waals surface area contributed by atoms with Crippen LogP contribution in [0.25, 0.3) is 5.57 Å². The smallest absolute Gasteiger partial charge is 0.252 e. The number of hydrogen-bond donors (Lipinski definition) is 1. The summed E-state index contributed by atoms with van der Waals surface area (Å²) >= 11 is 0. The van der Waals surface area contributed by atoms with E-state index >= 15 is 0 Å². The number of allylic oxidation sites excluding steroid dienone is 7. The quantitative estimate of drug-likeness (QED) is 0.432. The fraction of sp³-hybridized carbons (Fsp3) is 0.394. The maximum Gasteiger partial charge on any atom is 0.252 e. The van der Waals surface area contributed by atoms with Crippen molar-refractivity contribution < 1.29 is 18.7 Å². The Kier molecular flexibility index (Phi) is 8.67.